The first kappa shape index (κ1) is 19.8. The quantitative estimate of drug-likeness (QED) is 0.828. The van der Waals surface area contributed by atoms with Gasteiger partial charge in [-0.1, -0.05) is 19.1 Å². The monoisotopic (exact) mass is 372 g/mol. The predicted octanol–water partition coefficient (Wildman–Crippen LogP) is 1.86. The van der Waals surface area contributed by atoms with Gasteiger partial charge in [0.1, 0.15) is 0 Å². The van der Waals surface area contributed by atoms with Gasteiger partial charge in [-0.05, 0) is 50.3 Å². The smallest absolute Gasteiger partial charge is 0.241 e. The first-order valence-corrected chi connectivity index (χ1v) is 10.2. The highest BCUT2D eigenvalue weighted by Crippen LogP contribution is 2.17. The first-order valence-electron chi connectivity index (χ1n) is 10.2. The van der Waals surface area contributed by atoms with Gasteiger partial charge < -0.3 is 10.6 Å². The van der Waals surface area contributed by atoms with E-state index in [0.29, 0.717) is 0 Å². The van der Waals surface area contributed by atoms with Gasteiger partial charge in [-0.15, -0.1) is 0 Å². The highest BCUT2D eigenvalue weighted by atomic mass is 16.2. The van der Waals surface area contributed by atoms with Gasteiger partial charge in [0.25, 0.3) is 0 Å². The largest absolute Gasteiger partial charge is 0.355 e. The third-order valence-electron chi connectivity index (χ3n) is 5.85. The predicted molar refractivity (Wildman–Crippen MR) is 108 cm³/mol. The molecule has 2 aliphatic rings. The van der Waals surface area contributed by atoms with Crippen molar-refractivity contribution in [2.45, 2.75) is 51.6 Å². The first-order chi connectivity index (χ1) is 13.1. The van der Waals surface area contributed by atoms with Gasteiger partial charge in [0.05, 0.1) is 12.1 Å². The summed E-state index contributed by atoms with van der Waals surface area (Å²) in [6.07, 6.45) is 4.10. The maximum Gasteiger partial charge on any atom is 0.241 e. The van der Waals surface area contributed by atoms with Gasteiger partial charge in [-0.2, -0.15) is 0 Å². The lowest BCUT2D eigenvalue weighted by Gasteiger charge is -2.40. The van der Waals surface area contributed by atoms with Crippen LogP contribution < -0.4 is 10.6 Å². The van der Waals surface area contributed by atoms with Gasteiger partial charge in [0, 0.05) is 38.4 Å². The highest BCUT2D eigenvalue weighted by Gasteiger charge is 2.32. The van der Waals surface area contributed by atoms with E-state index in [9.17, 15) is 9.59 Å². The number of carbonyl (C=O) groups excluding carboxylic acids is 2. The fourth-order valence-electron chi connectivity index (χ4n) is 3.94. The topological polar surface area (TPSA) is 64.7 Å². The van der Waals surface area contributed by atoms with Crippen LogP contribution in [0.1, 0.15) is 38.7 Å². The van der Waals surface area contributed by atoms with E-state index in [-0.39, 0.29) is 23.9 Å². The molecule has 0 unspecified atom stereocenters. The van der Waals surface area contributed by atoms with Crippen molar-refractivity contribution in [3.8, 4) is 0 Å². The van der Waals surface area contributed by atoms with Crippen molar-refractivity contribution < 1.29 is 9.59 Å². The van der Waals surface area contributed by atoms with E-state index in [0.717, 1.165) is 64.1 Å². The normalized spacial score (nSPS) is 23.3. The Kier molecular flexibility index (Phi) is 6.85. The molecule has 1 aromatic carbocycles. The number of aryl methyl sites for hydroxylation is 1. The summed E-state index contributed by atoms with van der Waals surface area (Å²) in [5.41, 5.74) is 2.11. The molecule has 148 valence electrons. The van der Waals surface area contributed by atoms with Crippen molar-refractivity contribution in [3.05, 3.63) is 29.8 Å². The van der Waals surface area contributed by atoms with E-state index in [2.05, 4.69) is 39.5 Å². The Labute approximate surface area is 162 Å². The lowest BCUT2D eigenvalue weighted by atomic mass is 10.1. The minimum Gasteiger partial charge on any atom is -0.355 e. The van der Waals surface area contributed by atoms with Crippen LogP contribution in [-0.4, -0.2) is 66.4 Å². The molecule has 2 fully saturated rings. The van der Waals surface area contributed by atoms with E-state index < -0.39 is 0 Å². The second kappa shape index (κ2) is 9.33. The molecule has 2 amide bonds. The van der Waals surface area contributed by atoms with Gasteiger partial charge in [0.15, 0.2) is 0 Å². The minimum absolute atomic E-state index is 0.00383. The number of piperazine rings is 1. The molecule has 2 N–H and O–H groups in total. The Morgan fingerprint density at radius 3 is 2.56 bits per heavy atom. The molecule has 0 spiro atoms. The third kappa shape index (κ3) is 5.08. The third-order valence-corrected chi connectivity index (χ3v) is 5.85. The standard InChI is InChI=1S/C21H32N4O2/c1-3-17-7-9-18(10-8-17)23-20(26)16(2)24-12-14-25(15-13-24)19-6-4-5-11-22-21(19)27/h7-10,16,19H,3-6,11-15H2,1-2H3,(H,22,27)(H,23,26)/t16-,19-/m0/s1. The van der Waals surface area contributed by atoms with Crippen LogP contribution in [0.3, 0.4) is 0 Å². The van der Waals surface area contributed by atoms with Crippen LogP contribution in [0.25, 0.3) is 0 Å². The number of nitrogens with one attached hydrogen (secondary N) is 2. The molecule has 2 atom stereocenters. The summed E-state index contributed by atoms with van der Waals surface area (Å²) in [6, 6.07) is 7.85. The molecule has 0 radical (unpaired) electrons. The van der Waals surface area contributed by atoms with Crippen molar-refractivity contribution in [1.82, 2.24) is 15.1 Å². The number of carbonyl (C=O) groups is 2. The Morgan fingerprint density at radius 2 is 1.89 bits per heavy atom. The number of benzene rings is 1. The summed E-state index contributed by atoms with van der Waals surface area (Å²) in [7, 11) is 0. The van der Waals surface area contributed by atoms with Crippen molar-refractivity contribution in [3.63, 3.8) is 0 Å². The summed E-state index contributed by atoms with van der Waals surface area (Å²) in [6.45, 7) is 8.17. The second-order valence-electron chi connectivity index (χ2n) is 7.59. The number of nitrogens with zero attached hydrogens (tertiary/aromatic N) is 2. The molecule has 6 heteroatoms. The minimum atomic E-state index is -0.180. The zero-order valence-electron chi connectivity index (χ0n) is 16.5. The Morgan fingerprint density at radius 1 is 1.19 bits per heavy atom. The number of anilines is 1. The highest BCUT2D eigenvalue weighted by molar-refractivity contribution is 5.94. The Bertz CT molecular complexity index is 638. The van der Waals surface area contributed by atoms with Crippen LogP contribution in [0, 0.1) is 0 Å². The van der Waals surface area contributed by atoms with E-state index in [1.165, 1.54) is 5.56 Å². The number of amides is 2. The molecule has 2 heterocycles. The molecule has 6 nitrogen and oxygen atoms in total. The number of hydrogen-bond donors (Lipinski definition) is 2. The average molecular weight is 373 g/mol. The number of rotatable bonds is 5. The fourth-order valence-corrected chi connectivity index (χ4v) is 3.94. The summed E-state index contributed by atoms with van der Waals surface area (Å²) in [5, 5.41) is 6.04. The Hall–Kier alpha value is -1.92. The molecule has 2 aliphatic heterocycles. The maximum atomic E-state index is 12.6. The van der Waals surface area contributed by atoms with Crippen molar-refractivity contribution >= 4 is 17.5 Å². The molecular weight excluding hydrogens is 340 g/mol. The van der Waals surface area contributed by atoms with E-state index in [1.54, 1.807) is 0 Å². The van der Waals surface area contributed by atoms with E-state index in [1.807, 2.05) is 19.1 Å². The van der Waals surface area contributed by atoms with Gasteiger partial charge in [-0.3, -0.25) is 19.4 Å². The van der Waals surface area contributed by atoms with Crippen LogP contribution in [0.4, 0.5) is 5.69 Å². The lowest BCUT2D eigenvalue weighted by Crippen LogP contribution is -2.57. The second-order valence-corrected chi connectivity index (χ2v) is 7.59. The SMILES string of the molecule is CCc1ccc(NC(=O)[C@H](C)N2CCN([C@H]3CCCCNC3=O)CC2)cc1. The van der Waals surface area contributed by atoms with E-state index in [4.69, 9.17) is 0 Å². The zero-order chi connectivity index (χ0) is 19.2. The van der Waals surface area contributed by atoms with Gasteiger partial charge in [-0.25, -0.2) is 0 Å². The lowest BCUT2D eigenvalue weighted by molar-refractivity contribution is -0.128. The van der Waals surface area contributed by atoms with Gasteiger partial charge >= 0.3 is 0 Å². The molecule has 27 heavy (non-hydrogen) atoms. The molecular formula is C21H32N4O2. The molecule has 0 bridgehead atoms. The maximum absolute atomic E-state index is 12.6. The van der Waals surface area contributed by atoms with Crippen molar-refractivity contribution in [2.24, 2.45) is 0 Å². The molecule has 2 saturated heterocycles. The summed E-state index contributed by atoms with van der Waals surface area (Å²) in [4.78, 5) is 29.4. The molecule has 0 aliphatic carbocycles. The molecule has 1 aromatic rings. The summed E-state index contributed by atoms with van der Waals surface area (Å²) in [5.74, 6) is 0.196. The molecule has 3 rings (SSSR count). The van der Waals surface area contributed by atoms with E-state index >= 15 is 0 Å². The Balaban J connectivity index is 1.50. The zero-order valence-corrected chi connectivity index (χ0v) is 16.5. The van der Waals surface area contributed by atoms with Gasteiger partial charge in [0.2, 0.25) is 11.8 Å². The van der Waals surface area contributed by atoms with Crippen LogP contribution in [0.15, 0.2) is 24.3 Å². The van der Waals surface area contributed by atoms with Crippen LogP contribution >= 0.6 is 0 Å². The average Bonchev–Trinajstić information content (AvgIpc) is 2.92. The fraction of sp³-hybridized carbons (Fsp3) is 0.619. The van der Waals surface area contributed by atoms with Crippen molar-refractivity contribution in [2.75, 3.05) is 38.0 Å². The van der Waals surface area contributed by atoms with Crippen LogP contribution in [0.2, 0.25) is 0 Å². The summed E-state index contributed by atoms with van der Waals surface area (Å²) < 4.78 is 0. The van der Waals surface area contributed by atoms with Crippen LogP contribution in [0.5, 0.6) is 0 Å². The summed E-state index contributed by atoms with van der Waals surface area (Å²) >= 11 is 0. The van der Waals surface area contributed by atoms with Crippen molar-refractivity contribution in [1.29, 1.82) is 0 Å². The van der Waals surface area contributed by atoms with Crippen LogP contribution in [-0.2, 0) is 16.0 Å². The molecule has 0 aromatic heterocycles. The molecule has 0 saturated carbocycles. The number of hydrogen-bond acceptors (Lipinski definition) is 4.